The minimum absolute atomic E-state index is 0.0929. The van der Waals surface area contributed by atoms with Crippen molar-refractivity contribution in [3.63, 3.8) is 0 Å². The normalized spacial score (nSPS) is 17.2. The van der Waals surface area contributed by atoms with Gasteiger partial charge in [0.25, 0.3) is 0 Å². The third-order valence-corrected chi connectivity index (χ3v) is 4.62. The van der Waals surface area contributed by atoms with Crippen molar-refractivity contribution in [3.8, 4) is 0 Å². The molecule has 1 aliphatic rings. The van der Waals surface area contributed by atoms with Crippen LogP contribution in [0.1, 0.15) is 31.4 Å². The van der Waals surface area contributed by atoms with Gasteiger partial charge >= 0.3 is 5.69 Å². The maximum atomic E-state index is 11.6. The van der Waals surface area contributed by atoms with Crippen molar-refractivity contribution < 1.29 is 0 Å². The van der Waals surface area contributed by atoms with Gasteiger partial charge in [-0.15, -0.1) is 0 Å². The molecule has 1 N–H and O–H groups in total. The Balaban J connectivity index is 1.53. The molecule has 2 aromatic rings. The minimum Gasteiger partial charge on any atom is -0.337 e. The fraction of sp³-hybridized carbons (Fsp3) is 0.667. The standard InChI is InChI=1S/C15H24N6O/c1-3-21-13(17-18-15(21)22)10-12-4-7-20(8-5-12)11-14-16-6-9-19(14)2/h6,9,12H,3-5,7-8,10-11H2,1-2H3,(H,18,22). The molecule has 0 spiro atoms. The molecular weight excluding hydrogens is 280 g/mol. The van der Waals surface area contributed by atoms with E-state index in [1.807, 2.05) is 26.4 Å². The Morgan fingerprint density at radius 2 is 2.09 bits per heavy atom. The molecule has 1 fully saturated rings. The molecule has 0 aliphatic carbocycles. The van der Waals surface area contributed by atoms with E-state index in [4.69, 9.17) is 0 Å². The Hall–Kier alpha value is -1.89. The summed E-state index contributed by atoms with van der Waals surface area (Å²) in [6, 6.07) is 0. The average molecular weight is 304 g/mol. The first-order valence-electron chi connectivity index (χ1n) is 8.00. The Morgan fingerprint density at radius 3 is 2.73 bits per heavy atom. The highest BCUT2D eigenvalue weighted by Crippen LogP contribution is 2.21. The molecule has 22 heavy (non-hydrogen) atoms. The van der Waals surface area contributed by atoms with E-state index in [-0.39, 0.29) is 5.69 Å². The van der Waals surface area contributed by atoms with E-state index in [9.17, 15) is 4.79 Å². The van der Waals surface area contributed by atoms with Gasteiger partial charge in [0.2, 0.25) is 0 Å². The topological polar surface area (TPSA) is 71.7 Å². The molecule has 0 saturated carbocycles. The van der Waals surface area contributed by atoms with Gasteiger partial charge in [0, 0.05) is 32.4 Å². The number of likely N-dealkylation sites (tertiary alicyclic amines) is 1. The van der Waals surface area contributed by atoms with E-state index in [2.05, 4.69) is 24.6 Å². The van der Waals surface area contributed by atoms with E-state index in [0.29, 0.717) is 12.5 Å². The highest BCUT2D eigenvalue weighted by molar-refractivity contribution is 4.93. The van der Waals surface area contributed by atoms with E-state index >= 15 is 0 Å². The highest BCUT2D eigenvalue weighted by Gasteiger charge is 2.22. The third-order valence-electron chi connectivity index (χ3n) is 4.62. The summed E-state index contributed by atoms with van der Waals surface area (Å²) in [5, 5.41) is 6.73. The number of piperidine rings is 1. The lowest BCUT2D eigenvalue weighted by Gasteiger charge is -2.31. The summed E-state index contributed by atoms with van der Waals surface area (Å²) in [5.74, 6) is 2.62. The minimum atomic E-state index is -0.0929. The first-order chi connectivity index (χ1) is 10.7. The highest BCUT2D eigenvalue weighted by atomic mass is 16.1. The van der Waals surface area contributed by atoms with Gasteiger partial charge in [0.1, 0.15) is 11.6 Å². The quantitative estimate of drug-likeness (QED) is 0.886. The van der Waals surface area contributed by atoms with Gasteiger partial charge in [0.05, 0.1) is 6.54 Å². The maximum absolute atomic E-state index is 11.6. The van der Waals surface area contributed by atoms with Gasteiger partial charge in [-0.3, -0.25) is 9.47 Å². The first-order valence-corrected chi connectivity index (χ1v) is 8.00. The number of hydrogen-bond donors (Lipinski definition) is 1. The van der Waals surface area contributed by atoms with E-state index in [1.54, 1.807) is 4.57 Å². The number of hydrogen-bond acceptors (Lipinski definition) is 4. The SMILES string of the molecule is CCn1c(CC2CCN(Cc3nccn3C)CC2)n[nH]c1=O. The molecule has 0 amide bonds. The van der Waals surface area contributed by atoms with Gasteiger partial charge in [-0.05, 0) is 38.8 Å². The summed E-state index contributed by atoms with van der Waals surface area (Å²) in [6.45, 7) is 5.74. The summed E-state index contributed by atoms with van der Waals surface area (Å²) in [5.41, 5.74) is -0.0929. The zero-order valence-electron chi connectivity index (χ0n) is 13.3. The van der Waals surface area contributed by atoms with Gasteiger partial charge in [-0.2, -0.15) is 5.10 Å². The Labute approximate surface area is 130 Å². The monoisotopic (exact) mass is 304 g/mol. The second-order valence-corrected chi connectivity index (χ2v) is 6.07. The number of H-pyrrole nitrogens is 1. The average Bonchev–Trinajstić information content (AvgIpc) is 3.07. The largest absolute Gasteiger partial charge is 0.343 e. The summed E-state index contributed by atoms with van der Waals surface area (Å²) in [7, 11) is 2.04. The zero-order valence-corrected chi connectivity index (χ0v) is 13.3. The van der Waals surface area contributed by atoms with E-state index in [1.165, 1.54) is 0 Å². The second kappa shape index (κ2) is 6.48. The van der Waals surface area contributed by atoms with Crippen molar-refractivity contribution in [1.29, 1.82) is 0 Å². The second-order valence-electron chi connectivity index (χ2n) is 6.07. The number of imidazole rings is 1. The Bertz CT molecular complexity index is 662. The molecule has 120 valence electrons. The Kier molecular flexibility index (Phi) is 4.42. The third kappa shape index (κ3) is 3.14. The number of nitrogens with zero attached hydrogens (tertiary/aromatic N) is 5. The predicted octanol–water partition coefficient (Wildman–Crippen LogP) is 0.780. The van der Waals surface area contributed by atoms with E-state index in [0.717, 1.165) is 50.5 Å². The maximum Gasteiger partial charge on any atom is 0.343 e. The van der Waals surface area contributed by atoms with E-state index < -0.39 is 0 Å². The molecule has 1 aliphatic heterocycles. The van der Waals surface area contributed by atoms with Crippen molar-refractivity contribution in [3.05, 3.63) is 34.5 Å². The smallest absolute Gasteiger partial charge is 0.337 e. The first kappa shape index (κ1) is 15.0. The van der Waals surface area contributed by atoms with Crippen LogP contribution in [0.25, 0.3) is 0 Å². The van der Waals surface area contributed by atoms with Crippen LogP contribution in [0.15, 0.2) is 17.2 Å². The molecule has 0 bridgehead atoms. The van der Waals surface area contributed by atoms with Crippen LogP contribution in [0, 0.1) is 5.92 Å². The summed E-state index contributed by atoms with van der Waals surface area (Å²) >= 11 is 0. The van der Waals surface area contributed by atoms with Gasteiger partial charge < -0.3 is 4.57 Å². The van der Waals surface area contributed by atoms with Crippen LogP contribution in [0.2, 0.25) is 0 Å². The molecule has 7 heteroatoms. The fourth-order valence-corrected chi connectivity index (χ4v) is 3.19. The van der Waals surface area contributed by atoms with Crippen LogP contribution >= 0.6 is 0 Å². The molecule has 0 radical (unpaired) electrons. The number of aryl methyl sites for hydroxylation is 1. The molecule has 0 aromatic carbocycles. The molecule has 0 unspecified atom stereocenters. The summed E-state index contributed by atoms with van der Waals surface area (Å²) < 4.78 is 3.82. The number of rotatable bonds is 5. The van der Waals surface area contributed by atoms with Crippen LogP contribution in [0.4, 0.5) is 0 Å². The van der Waals surface area contributed by atoms with Crippen molar-refractivity contribution in [2.24, 2.45) is 13.0 Å². The van der Waals surface area contributed by atoms with Gasteiger partial charge in [-0.1, -0.05) is 0 Å². The Morgan fingerprint density at radius 1 is 1.32 bits per heavy atom. The van der Waals surface area contributed by atoms with Crippen LogP contribution in [-0.4, -0.2) is 42.3 Å². The molecule has 7 nitrogen and oxygen atoms in total. The molecule has 2 aromatic heterocycles. The molecule has 0 atom stereocenters. The lowest BCUT2D eigenvalue weighted by molar-refractivity contribution is 0.170. The lowest BCUT2D eigenvalue weighted by atomic mass is 9.93. The molecular formula is C15H24N6O. The van der Waals surface area contributed by atoms with Crippen molar-refractivity contribution in [1.82, 2.24) is 29.2 Å². The van der Waals surface area contributed by atoms with Crippen LogP contribution < -0.4 is 5.69 Å². The van der Waals surface area contributed by atoms with Crippen LogP contribution in [0.5, 0.6) is 0 Å². The van der Waals surface area contributed by atoms with Crippen molar-refractivity contribution >= 4 is 0 Å². The zero-order chi connectivity index (χ0) is 15.5. The number of nitrogens with one attached hydrogen (secondary N) is 1. The summed E-state index contributed by atoms with van der Waals surface area (Å²) in [4.78, 5) is 18.4. The molecule has 1 saturated heterocycles. The number of aromatic amines is 1. The van der Waals surface area contributed by atoms with Gasteiger partial charge in [-0.25, -0.2) is 14.9 Å². The predicted molar refractivity (Wildman–Crippen MR) is 83.4 cm³/mol. The summed E-state index contributed by atoms with van der Waals surface area (Å²) in [6.07, 6.45) is 7.03. The molecule has 3 rings (SSSR count). The lowest BCUT2D eigenvalue weighted by Crippen LogP contribution is -2.35. The van der Waals surface area contributed by atoms with Gasteiger partial charge in [0.15, 0.2) is 0 Å². The number of aromatic nitrogens is 5. The van der Waals surface area contributed by atoms with Crippen LogP contribution in [-0.2, 0) is 26.6 Å². The van der Waals surface area contributed by atoms with Crippen molar-refractivity contribution in [2.75, 3.05) is 13.1 Å². The fourth-order valence-electron chi connectivity index (χ4n) is 3.19. The molecule has 3 heterocycles. The van der Waals surface area contributed by atoms with Crippen molar-refractivity contribution in [2.45, 2.75) is 39.3 Å². The van der Waals surface area contributed by atoms with Crippen LogP contribution in [0.3, 0.4) is 0 Å².